The molecule has 0 aliphatic heterocycles. The third kappa shape index (κ3) is 3.31. The van der Waals surface area contributed by atoms with Gasteiger partial charge in [0, 0.05) is 20.3 Å². The molecule has 0 rings (SSSR count). The summed E-state index contributed by atoms with van der Waals surface area (Å²) >= 11 is 0. The third-order valence-corrected chi connectivity index (χ3v) is 1.72. The number of nitrogens with one attached hydrogen (secondary N) is 1. The first-order valence-electron chi connectivity index (χ1n) is 4.24. The van der Waals surface area contributed by atoms with Crippen LogP contribution in [0.1, 0.15) is 20.8 Å². The van der Waals surface area contributed by atoms with Crippen molar-refractivity contribution in [2.24, 2.45) is 0 Å². The van der Waals surface area contributed by atoms with E-state index in [0.29, 0.717) is 0 Å². The van der Waals surface area contributed by atoms with Crippen LogP contribution in [0.25, 0.3) is 0 Å². The van der Waals surface area contributed by atoms with Gasteiger partial charge < -0.3 is 9.47 Å². The van der Waals surface area contributed by atoms with Gasteiger partial charge in [0.05, 0.1) is 6.07 Å². The smallest absolute Gasteiger partial charge is 0.188 e. The Balaban J connectivity index is 4.52. The van der Waals surface area contributed by atoms with Crippen LogP contribution in [0.2, 0.25) is 0 Å². The lowest BCUT2D eigenvalue weighted by molar-refractivity contribution is -0.138. The van der Waals surface area contributed by atoms with Crippen LogP contribution >= 0.6 is 0 Å². The van der Waals surface area contributed by atoms with E-state index in [9.17, 15) is 0 Å². The quantitative estimate of drug-likeness (QED) is 0.648. The van der Waals surface area contributed by atoms with E-state index >= 15 is 0 Å². The highest BCUT2D eigenvalue weighted by atomic mass is 16.7. The molecule has 0 aromatic heterocycles. The molecule has 0 saturated heterocycles. The molecular formula is C9H18N2O2. The molecule has 0 bridgehead atoms. The van der Waals surface area contributed by atoms with Crippen LogP contribution in [0.15, 0.2) is 0 Å². The van der Waals surface area contributed by atoms with Gasteiger partial charge in [-0.2, -0.15) is 5.26 Å². The van der Waals surface area contributed by atoms with Crippen molar-refractivity contribution in [3.63, 3.8) is 0 Å². The molecule has 4 heteroatoms. The Morgan fingerprint density at radius 2 is 1.77 bits per heavy atom. The van der Waals surface area contributed by atoms with Crippen LogP contribution in [0.5, 0.6) is 0 Å². The fourth-order valence-electron chi connectivity index (χ4n) is 1.32. The van der Waals surface area contributed by atoms with Gasteiger partial charge in [0.2, 0.25) is 0 Å². The molecule has 0 heterocycles. The van der Waals surface area contributed by atoms with E-state index in [1.165, 1.54) is 14.2 Å². The van der Waals surface area contributed by atoms with E-state index in [1.54, 1.807) is 6.92 Å². The van der Waals surface area contributed by atoms with Crippen LogP contribution in [-0.4, -0.2) is 32.1 Å². The molecule has 0 amide bonds. The third-order valence-electron chi connectivity index (χ3n) is 1.72. The van der Waals surface area contributed by atoms with E-state index < -0.39 is 11.8 Å². The Morgan fingerprint density at radius 3 is 2.00 bits per heavy atom. The zero-order chi connectivity index (χ0) is 10.5. The van der Waals surface area contributed by atoms with Crippen molar-refractivity contribution in [2.45, 2.75) is 38.6 Å². The molecule has 0 saturated carbocycles. The van der Waals surface area contributed by atoms with E-state index in [-0.39, 0.29) is 6.04 Å². The molecule has 1 atom stereocenters. The average Bonchev–Trinajstić information content (AvgIpc) is 2.05. The summed E-state index contributed by atoms with van der Waals surface area (Å²) in [6.45, 7) is 5.70. The van der Waals surface area contributed by atoms with E-state index in [4.69, 9.17) is 14.7 Å². The van der Waals surface area contributed by atoms with E-state index in [1.807, 2.05) is 13.8 Å². The predicted octanol–water partition coefficient (Wildman–Crippen LogP) is 0.886. The first-order chi connectivity index (χ1) is 6.00. The van der Waals surface area contributed by atoms with Crippen molar-refractivity contribution in [1.29, 1.82) is 5.26 Å². The van der Waals surface area contributed by atoms with Crippen LogP contribution in [-0.2, 0) is 9.47 Å². The molecule has 0 aromatic carbocycles. The number of rotatable bonds is 5. The maximum Gasteiger partial charge on any atom is 0.188 e. The predicted molar refractivity (Wildman–Crippen MR) is 50.1 cm³/mol. The minimum atomic E-state index is -0.808. The Bertz CT molecular complexity index is 185. The number of methoxy groups -OCH3 is 2. The molecular weight excluding hydrogens is 168 g/mol. The molecule has 76 valence electrons. The first kappa shape index (κ1) is 12.4. The second kappa shape index (κ2) is 5.18. The first-order valence-corrected chi connectivity index (χ1v) is 4.24. The highest BCUT2D eigenvalue weighted by Crippen LogP contribution is 2.13. The number of hydrogen-bond donors (Lipinski definition) is 1. The van der Waals surface area contributed by atoms with E-state index in [0.717, 1.165) is 0 Å². The van der Waals surface area contributed by atoms with Gasteiger partial charge in [-0.05, 0) is 20.8 Å². The summed E-state index contributed by atoms with van der Waals surface area (Å²) in [6, 6.07) is 2.36. The molecule has 0 spiro atoms. The van der Waals surface area contributed by atoms with Crippen molar-refractivity contribution < 1.29 is 9.47 Å². The lowest BCUT2D eigenvalue weighted by Gasteiger charge is -2.31. The normalized spacial score (nSPS) is 15.8. The van der Waals surface area contributed by atoms with Crippen molar-refractivity contribution in [3.8, 4) is 6.07 Å². The van der Waals surface area contributed by atoms with Gasteiger partial charge in [0.1, 0.15) is 0 Å². The Morgan fingerprint density at radius 1 is 1.31 bits per heavy atom. The van der Waals surface area contributed by atoms with Crippen LogP contribution < -0.4 is 5.32 Å². The molecule has 0 aliphatic rings. The zero-order valence-electron chi connectivity index (χ0n) is 8.92. The van der Waals surface area contributed by atoms with Crippen molar-refractivity contribution in [2.75, 3.05) is 14.2 Å². The summed E-state index contributed by atoms with van der Waals surface area (Å²) in [5.41, 5.74) is -0.808. The highest BCUT2D eigenvalue weighted by molar-refractivity contribution is 5.07. The summed E-state index contributed by atoms with van der Waals surface area (Å²) in [5.74, 6) is 0. The van der Waals surface area contributed by atoms with Crippen molar-refractivity contribution in [3.05, 3.63) is 0 Å². The molecule has 4 nitrogen and oxygen atoms in total. The second-order valence-electron chi connectivity index (χ2n) is 3.42. The molecule has 13 heavy (non-hydrogen) atoms. The number of hydrogen-bond acceptors (Lipinski definition) is 4. The van der Waals surface area contributed by atoms with Crippen LogP contribution in [0, 0.1) is 11.3 Å². The standard InChI is InChI=1S/C9H18N2O2/c1-7(2)11-9(3,6-10)8(12-4)13-5/h7-8,11H,1-5H3. The number of nitriles is 1. The maximum atomic E-state index is 8.99. The maximum absolute atomic E-state index is 8.99. The largest absolute Gasteiger partial charge is 0.353 e. The van der Waals surface area contributed by atoms with Gasteiger partial charge in [-0.15, -0.1) is 0 Å². The van der Waals surface area contributed by atoms with Gasteiger partial charge in [0.25, 0.3) is 0 Å². The number of ether oxygens (including phenoxy) is 2. The van der Waals surface area contributed by atoms with Gasteiger partial charge in [0.15, 0.2) is 11.8 Å². The second-order valence-corrected chi connectivity index (χ2v) is 3.42. The molecule has 0 aromatic rings. The fourth-order valence-corrected chi connectivity index (χ4v) is 1.32. The number of nitrogens with zero attached hydrogens (tertiary/aromatic N) is 1. The Kier molecular flexibility index (Phi) is 4.92. The molecule has 1 unspecified atom stereocenters. The van der Waals surface area contributed by atoms with Gasteiger partial charge in [-0.25, -0.2) is 0 Å². The molecule has 0 radical (unpaired) electrons. The Labute approximate surface area is 79.8 Å². The minimum Gasteiger partial charge on any atom is -0.353 e. The molecule has 1 N–H and O–H groups in total. The summed E-state index contributed by atoms with van der Waals surface area (Å²) in [7, 11) is 3.04. The van der Waals surface area contributed by atoms with E-state index in [2.05, 4.69) is 11.4 Å². The monoisotopic (exact) mass is 186 g/mol. The lowest BCUT2D eigenvalue weighted by atomic mass is 10.0. The fraction of sp³-hybridized carbons (Fsp3) is 0.889. The lowest BCUT2D eigenvalue weighted by Crippen LogP contribution is -2.55. The highest BCUT2D eigenvalue weighted by Gasteiger charge is 2.35. The van der Waals surface area contributed by atoms with Crippen LogP contribution in [0.4, 0.5) is 0 Å². The van der Waals surface area contributed by atoms with Crippen molar-refractivity contribution in [1.82, 2.24) is 5.32 Å². The summed E-state index contributed by atoms with van der Waals surface area (Å²) in [5, 5.41) is 12.1. The topological polar surface area (TPSA) is 54.3 Å². The molecule has 0 aliphatic carbocycles. The SMILES string of the molecule is COC(OC)C(C)(C#N)NC(C)C. The minimum absolute atomic E-state index is 0.206. The Hall–Kier alpha value is -0.630. The summed E-state index contributed by atoms with van der Waals surface area (Å²) in [6.07, 6.45) is -0.556. The zero-order valence-corrected chi connectivity index (χ0v) is 8.92. The van der Waals surface area contributed by atoms with Gasteiger partial charge in [-0.3, -0.25) is 5.32 Å². The average molecular weight is 186 g/mol. The summed E-state index contributed by atoms with van der Waals surface area (Å²) < 4.78 is 10.1. The van der Waals surface area contributed by atoms with Crippen molar-refractivity contribution >= 4 is 0 Å². The van der Waals surface area contributed by atoms with Crippen LogP contribution in [0.3, 0.4) is 0 Å². The van der Waals surface area contributed by atoms with Gasteiger partial charge >= 0.3 is 0 Å². The molecule has 0 fully saturated rings. The van der Waals surface area contributed by atoms with Gasteiger partial charge in [-0.1, -0.05) is 0 Å². The summed E-state index contributed by atoms with van der Waals surface area (Å²) in [4.78, 5) is 0.